The second-order valence-corrected chi connectivity index (χ2v) is 6.23. The molecule has 4 nitrogen and oxygen atoms in total. The lowest BCUT2D eigenvalue weighted by molar-refractivity contribution is 0.0947. The highest BCUT2D eigenvalue weighted by Crippen LogP contribution is 2.11. The second-order valence-electron chi connectivity index (χ2n) is 3.78. The fraction of sp³-hybridized carbons (Fsp3) is 0.182. The first-order chi connectivity index (χ1) is 7.96. The number of carbonyl (C=O) groups excluding carboxylic acids is 1. The van der Waals surface area contributed by atoms with Crippen molar-refractivity contribution in [1.82, 2.24) is 5.32 Å². The number of hydrogen-bond donors (Lipinski definition) is 2. The van der Waals surface area contributed by atoms with E-state index in [1.54, 1.807) is 24.3 Å². The molecule has 1 N–H and O–H groups in total. The molecule has 0 saturated heterocycles. The highest BCUT2D eigenvalue weighted by Gasteiger charge is 2.23. The van der Waals surface area contributed by atoms with Crippen molar-refractivity contribution in [1.29, 1.82) is 0 Å². The van der Waals surface area contributed by atoms with Gasteiger partial charge in [0, 0.05) is 15.9 Å². The third-order valence-electron chi connectivity index (χ3n) is 2.38. The van der Waals surface area contributed by atoms with Crippen molar-refractivity contribution in [3.63, 3.8) is 0 Å². The van der Waals surface area contributed by atoms with Gasteiger partial charge >= 0.3 is 0 Å². The minimum absolute atomic E-state index is 0.0661. The first-order valence-electron chi connectivity index (χ1n) is 4.97. The Hall–Kier alpha value is -1.27. The number of rotatable bonds is 2. The molecule has 1 unspecified atom stereocenters. The maximum Gasteiger partial charge on any atom is 0.251 e. The normalized spacial score (nSPS) is 21.4. The molecule has 1 heterocycles. The zero-order chi connectivity index (χ0) is 12.5. The van der Waals surface area contributed by atoms with E-state index in [9.17, 15) is 13.2 Å². The largest absolute Gasteiger partial charge is 0.345 e. The predicted molar refractivity (Wildman–Crippen MR) is 67.9 cm³/mol. The van der Waals surface area contributed by atoms with E-state index in [2.05, 4.69) is 17.9 Å². The minimum atomic E-state index is -3.14. The summed E-state index contributed by atoms with van der Waals surface area (Å²) in [6.07, 6.45) is 1.49. The van der Waals surface area contributed by atoms with Crippen LogP contribution in [-0.2, 0) is 9.84 Å². The van der Waals surface area contributed by atoms with Crippen molar-refractivity contribution in [2.24, 2.45) is 0 Å². The summed E-state index contributed by atoms with van der Waals surface area (Å²) in [5, 5.41) is 3.77. The van der Waals surface area contributed by atoms with Crippen molar-refractivity contribution >= 4 is 28.4 Å². The molecule has 90 valence electrons. The van der Waals surface area contributed by atoms with Gasteiger partial charge in [0.25, 0.3) is 5.91 Å². The van der Waals surface area contributed by atoms with E-state index in [1.165, 1.54) is 6.08 Å². The Morgan fingerprint density at radius 2 is 1.94 bits per heavy atom. The monoisotopic (exact) mass is 269 g/mol. The lowest BCUT2D eigenvalue weighted by Crippen LogP contribution is -2.35. The second kappa shape index (κ2) is 4.54. The molecular formula is C11H11NO3S2. The number of carbonyl (C=O) groups is 1. The molecule has 17 heavy (non-hydrogen) atoms. The van der Waals surface area contributed by atoms with Gasteiger partial charge in [0.05, 0.1) is 11.8 Å². The van der Waals surface area contributed by atoms with Gasteiger partial charge in [-0.25, -0.2) is 8.42 Å². The first-order valence-corrected chi connectivity index (χ1v) is 7.13. The van der Waals surface area contributed by atoms with Crippen LogP contribution >= 0.6 is 12.6 Å². The molecule has 1 aliphatic rings. The van der Waals surface area contributed by atoms with Gasteiger partial charge in [0.15, 0.2) is 9.84 Å². The fourth-order valence-electron chi connectivity index (χ4n) is 1.53. The molecule has 0 aliphatic carbocycles. The lowest BCUT2D eigenvalue weighted by atomic mass is 10.2. The van der Waals surface area contributed by atoms with Gasteiger partial charge in [-0.05, 0) is 30.3 Å². The number of nitrogens with one attached hydrogen (secondary N) is 1. The van der Waals surface area contributed by atoms with E-state index < -0.39 is 15.9 Å². The van der Waals surface area contributed by atoms with Gasteiger partial charge in [-0.15, -0.1) is 12.6 Å². The van der Waals surface area contributed by atoms with Crippen molar-refractivity contribution < 1.29 is 13.2 Å². The first kappa shape index (κ1) is 12.2. The van der Waals surface area contributed by atoms with E-state index >= 15 is 0 Å². The van der Waals surface area contributed by atoms with Crippen LogP contribution in [0.5, 0.6) is 0 Å². The van der Waals surface area contributed by atoms with Crippen molar-refractivity contribution in [2.45, 2.75) is 10.9 Å². The van der Waals surface area contributed by atoms with Crippen molar-refractivity contribution in [3.05, 3.63) is 41.3 Å². The molecule has 6 heteroatoms. The molecule has 1 aromatic rings. The van der Waals surface area contributed by atoms with Crippen LogP contribution in [0.1, 0.15) is 10.4 Å². The minimum Gasteiger partial charge on any atom is -0.345 e. The van der Waals surface area contributed by atoms with Crippen LogP contribution in [0.2, 0.25) is 0 Å². The SMILES string of the molecule is O=C(NC1C=CS(=O)(=O)C1)c1ccc(S)cc1. The molecule has 0 radical (unpaired) electrons. The Morgan fingerprint density at radius 1 is 1.29 bits per heavy atom. The summed E-state index contributed by atoms with van der Waals surface area (Å²) >= 11 is 4.12. The molecule has 1 atom stereocenters. The van der Waals surface area contributed by atoms with Crippen LogP contribution in [0.15, 0.2) is 40.6 Å². The molecule has 1 amide bonds. The van der Waals surface area contributed by atoms with Crippen molar-refractivity contribution in [3.8, 4) is 0 Å². The van der Waals surface area contributed by atoms with Crippen LogP contribution in [0.25, 0.3) is 0 Å². The third-order valence-corrected chi connectivity index (χ3v) is 4.07. The smallest absolute Gasteiger partial charge is 0.251 e. The van der Waals surface area contributed by atoms with Crippen LogP contribution in [0.4, 0.5) is 0 Å². The zero-order valence-electron chi connectivity index (χ0n) is 8.83. The molecular weight excluding hydrogens is 258 g/mol. The molecule has 0 fully saturated rings. The number of thiol groups is 1. The summed E-state index contributed by atoms with van der Waals surface area (Å²) in [5.74, 6) is -0.353. The average Bonchev–Trinajstić information content (AvgIpc) is 2.59. The van der Waals surface area contributed by atoms with Gasteiger partial charge in [-0.2, -0.15) is 0 Å². The van der Waals surface area contributed by atoms with Gasteiger partial charge in [-0.3, -0.25) is 4.79 Å². The van der Waals surface area contributed by atoms with E-state index in [-0.39, 0.29) is 11.7 Å². The maximum atomic E-state index is 11.8. The summed E-state index contributed by atoms with van der Waals surface area (Å²) in [4.78, 5) is 12.5. The van der Waals surface area contributed by atoms with Crippen molar-refractivity contribution in [2.75, 3.05) is 5.75 Å². The molecule has 2 rings (SSSR count). The summed E-state index contributed by atoms with van der Waals surface area (Å²) < 4.78 is 22.3. The standard InChI is InChI=1S/C11H11NO3S2/c13-11(8-1-3-10(16)4-2-8)12-9-5-6-17(14,15)7-9/h1-6,9,16H,7H2,(H,12,13). The summed E-state index contributed by atoms with van der Waals surface area (Å²) in [6, 6.07) is 6.26. The van der Waals surface area contributed by atoms with E-state index in [1.807, 2.05) is 0 Å². The number of hydrogen-bond acceptors (Lipinski definition) is 4. The summed E-state index contributed by atoms with van der Waals surface area (Å²) in [7, 11) is -3.14. The topological polar surface area (TPSA) is 63.2 Å². The summed E-state index contributed by atoms with van der Waals surface area (Å²) in [6.45, 7) is 0. The number of sulfone groups is 1. The van der Waals surface area contributed by atoms with Crippen LogP contribution in [-0.4, -0.2) is 26.1 Å². The maximum absolute atomic E-state index is 11.8. The number of amides is 1. The van der Waals surface area contributed by atoms with E-state index in [0.717, 1.165) is 10.3 Å². The van der Waals surface area contributed by atoms with E-state index in [4.69, 9.17) is 0 Å². The Bertz CT molecular complexity index is 561. The lowest BCUT2D eigenvalue weighted by Gasteiger charge is -2.09. The quantitative estimate of drug-likeness (QED) is 0.788. The fourth-order valence-corrected chi connectivity index (χ4v) is 2.91. The van der Waals surface area contributed by atoms with Gasteiger partial charge in [0.1, 0.15) is 0 Å². The van der Waals surface area contributed by atoms with Crippen LogP contribution in [0.3, 0.4) is 0 Å². The highest BCUT2D eigenvalue weighted by molar-refractivity contribution is 7.94. The molecule has 0 aromatic heterocycles. The average molecular weight is 269 g/mol. The molecule has 0 spiro atoms. The Balaban J connectivity index is 2.04. The Morgan fingerprint density at radius 3 is 2.47 bits per heavy atom. The molecule has 1 aromatic carbocycles. The molecule has 0 saturated carbocycles. The molecule has 1 aliphatic heterocycles. The predicted octanol–water partition coefficient (Wildman–Crippen LogP) is 1.02. The van der Waals surface area contributed by atoms with Crippen LogP contribution in [0, 0.1) is 0 Å². The third kappa shape index (κ3) is 3.10. The van der Waals surface area contributed by atoms with Gasteiger partial charge in [-0.1, -0.05) is 0 Å². The number of benzene rings is 1. The van der Waals surface area contributed by atoms with E-state index in [0.29, 0.717) is 5.56 Å². The Kier molecular flexibility index (Phi) is 3.26. The highest BCUT2D eigenvalue weighted by atomic mass is 32.2. The van der Waals surface area contributed by atoms with Gasteiger partial charge < -0.3 is 5.32 Å². The van der Waals surface area contributed by atoms with Gasteiger partial charge in [0.2, 0.25) is 0 Å². The summed E-state index contributed by atoms with van der Waals surface area (Å²) in [5.41, 5.74) is 0.487. The molecule has 0 bridgehead atoms. The zero-order valence-corrected chi connectivity index (χ0v) is 10.5. The van der Waals surface area contributed by atoms with Crippen LogP contribution < -0.4 is 5.32 Å². The Labute approximate surface area is 105 Å².